The average molecular weight is 272 g/mol. The number of hydrogen-bond acceptors (Lipinski definition) is 1. The molecule has 0 saturated carbocycles. The molecule has 0 saturated heterocycles. The molecule has 0 aromatic heterocycles. The lowest BCUT2D eigenvalue weighted by Gasteiger charge is -2.22. The van der Waals surface area contributed by atoms with Gasteiger partial charge in [-0.05, 0) is 37.9 Å². The summed E-state index contributed by atoms with van der Waals surface area (Å²) in [6.07, 6.45) is 4.05. The Morgan fingerprint density at radius 3 is 2.44 bits per heavy atom. The van der Waals surface area contributed by atoms with Gasteiger partial charge in [0.15, 0.2) is 0 Å². The summed E-state index contributed by atoms with van der Waals surface area (Å²) in [5, 5.41) is 3.81. The van der Waals surface area contributed by atoms with E-state index in [9.17, 15) is 4.39 Å². The zero-order valence-corrected chi connectivity index (χ0v) is 12.2. The molecule has 0 aliphatic rings. The quantitative estimate of drug-likeness (QED) is 0.773. The number of halogens is 2. The standard InChI is InChI=1S/C15H23ClFN/c1-4-11(5-2)9-12(18-3)10-13-14(16)7-6-8-15(13)17/h6-8,11-12,18H,4-5,9-10H2,1-3H3. The van der Waals surface area contributed by atoms with E-state index < -0.39 is 0 Å². The van der Waals surface area contributed by atoms with Crippen molar-refractivity contribution in [1.82, 2.24) is 5.32 Å². The Balaban J connectivity index is 2.73. The SMILES string of the molecule is CCC(CC)CC(Cc1c(F)cccc1Cl)NC. The summed E-state index contributed by atoms with van der Waals surface area (Å²) in [7, 11) is 1.93. The van der Waals surface area contributed by atoms with Crippen molar-refractivity contribution in [3.05, 3.63) is 34.6 Å². The molecule has 18 heavy (non-hydrogen) atoms. The molecular weight excluding hydrogens is 249 g/mol. The Bertz CT molecular complexity index is 343. The van der Waals surface area contributed by atoms with E-state index in [4.69, 9.17) is 11.6 Å². The van der Waals surface area contributed by atoms with E-state index in [0.717, 1.165) is 6.42 Å². The minimum atomic E-state index is -0.202. The average Bonchev–Trinajstić information content (AvgIpc) is 2.38. The van der Waals surface area contributed by atoms with Gasteiger partial charge in [0.25, 0.3) is 0 Å². The summed E-state index contributed by atoms with van der Waals surface area (Å²) in [5.74, 6) is 0.486. The molecule has 1 aromatic carbocycles. The number of nitrogens with one attached hydrogen (secondary N) is 1. The molecule has 1 N–H and O–H groups in total. The van der Waals surface area contributed by atoms with Crippen LogP contribution in [0.4, 0.5) is 4.39 Å². The van der Waals surface area contributed by atoms with Gasteiger partial charge in [0.1, 0.15) is 5.82 Å². The van der Waals surface area contributed by atoms with Gasteiger partial charge in [0.05, 0.1) is 0 Å². The van der Waals surface area contributed by atoms with E-state index >= 15 is 0 Å². The van der Waals surface area contributed by atoms with Crippen molar-refractivity contribution in [3.63, 3.8) is 0 Å². The van der Waals surface area contributed by atoms with Crippen LogP contribution in [0.1, 0.15) is 38.7 Å². The second kappa shape index (κ2) is 7.75. The number of hydrogen-bond donors (Lipinski definition) is 1. The third-order valence-electron chi connectivity index (χ3n) is 3.69. The van der Waals surface area contributed by atoms with E-state index in [1.54, 1.807) is 12.1 Å². The fourth-order valence-electron chi connectivity index (χ4n) is 2.30. The third-order valence-corrected chi connectivity index (χ3v) is 4.05. The Morgan fingerprint density at radius 1 is 1.28 bits per heavy atom. The van der Waals surface area contributed by atoms with Gasteiger partial charge >= 0.3 is 0 Å². The van der Waals surface area contributed by atoms with Crippen LogP contribution in [0.25, 0.3) is 0 Å². The first-order valence-corrected chi connectivity index (χ1v) is 7.10. The zero-order chi connectivity index (χ0) is 13.5. The zero-order valence-electron chi connectivity index (χ0n) is 11.5. The molecule has 0 amide bonds. The van der Waals surface area contributed by atoms with Crippen LogP contribution in [0.3, 0.4) is 0 Å². The molecule has 0 fully saturated rings. The van der Waals surface area contributed by atoms with Gasteiger partial charge in [0.2, 0.25) is 0 Å². The van der Waals surface area contributed by atoms with Crippen molar-refractivity contribution in [2.45, 2.75) is 45.6 Å². The predicted octanol–water partition coefficient (Wildman–Crippen LogP) is 4.44. The molecule has 102 valence electrons. The summed E-state index contributed by atoms with van der Waals surface area (Å²) >= 11 is 6.07. The highest BCUT2D eigenvalue weighted by molar-refractivity contribution is 6.31. The molecule has 1 atom stereocenters. The van der Waals surface area contributed by atoms with E-state index in [1.165, 1.54) is 18.9 Å². The topological polar surface area (TPSA) is 12.0 Å². The van der Waals surface area contributed by atoms with Crippen LogP contribution >= 0.6 is 11.6 Å². The van der Waals surface area contributed by atoms with Gasteiger partial charge in [-0.2, -0.15) is 0 Å². The summed E-state index contributed by atoms with van der Waals surface area (Å²) in [4.78, 5) is 0. The second-order valence-electron chi connectivity index (χ2n) is 4.81. The molecule has 1 aromatic rings. The minimum Gasteiger partial charge on any atom is -0.317 e. The van der Waals surface area contributed by atoms with Gasteiger partial charge < -0.3 is 5.32 Å². The lowest BCUT2D eigenvalue weighted by atomic mass is 9.91. The molecule has 1 unspecified atom stereocenters. The van der Waals surface area contributed by atoms with Gasteiger partial charge in [-0.25, -0.2) is 4.39 Å². The van der Waals surface area contributed by atoms with Crippen molar-refractivity contribution < 1.29 is 4.39 Å². The maximum Gasteiger partial charge on any atom is 0.127 e. The van der Waals surface area contributed by atoms with Crippen molar-refractivity contribution in [2.24, 2.45) is 5.92 Å². The van der Waals surface area contributed by atoms with Gasteiger partial charge in [-0.1, -0.05) is 44.4 Å². The molecule has 0 spiro atoms. The van der Waals surface area contributed by atoms with Crippen LogP contribution in [0.2, 0.25) is 5.02 Å². The minimum absolute atomic E-state index is 0.202. The largest absolute Gasteiger partial charge is 0.317 e. The fraction of sp³-hybridized carbons (Fsp3) is 0.600. The van der Waals surface area contributed by atoms with E-state index in [0.29, 0.717) is 22.9 Å². The maximum absolute atomic E-state index is 13.7. The monoisotopic (exact) mass is 271 g/mol. The summed E-state index contributed by atoms with van der Waals surface area (Å²) in [6, 6.07) is 5.16. The van der Waals surface area contributed by atoms with Crippen molar-refractivity contribution in [1.29, 1.82) is 0 Å². The van der Waals surface area contributed by atoms with Crippen molar-refractivity contribution in [3.8, 4) is 0 Å². The second-order valence-corrected chi connectivity index (χ2v) is 5.22. The molecule has 1 nitrogen and oxygen atoms in total. The molecule has 0 radical (unpaired) electrons. The summed E-state index contributed by atoms with van der Waals surface area (Å²) in [5.41, 5.74) is 0.629. The van der Waals surface area contributed by atoms with Crippen LogP contribution in [-0.2, 0) is 6.42 Å². The Hall–Kier alpha value is -0.600. The predicted molar refractivity (Wildman–Crippen MR) is 76.7 cm³/mol. The Morgan fingerprint density at radius 2 is 1.94 bits per heavy atom. The molecule has 3 heteroatoms. The van der Waals surface area contributed by atoms with Crippen LogP contribution in [0, 0.1) is 11.7 Å². The van der Waals surface area contributed by atoms with Gasteiger partial charge in [-0.3, -0.25) is 0 Å². The lowest BCUT2D eigenvalue weighted by molar-refractivity contribution is 0.374. The van der Waals surface area contributed by atoms with Crippen LogP contribution in [-0.4, -0.2) is 13.1 Å². The number of benzene rings is 1. The number of rotatable bonds is 7. The molecule has 0 bridgehead atoms. The van der Waals surface area contributed by atoms with Crippen LogP contribution in [0.15, 0.2) is 18.2 Å². The van der Waals surface area contributed by atoms with E-state index in [1.807, 2.05) is 7.05 Å². The molecular formula is C15H23ClFN. The fourth-order valence-corrected chi connectivity index (χ4v) is 2.54. The van der Waals surface area contributed by atoms with Crippen LogP contribution < -0.4 is 5.32 Å². The Labute approximate surface area is 115 Å². The Kier molecular flexibility index (Phi) is 6.66. The third kappa shape index (κ3) is 4.25. The summed E-state index contributed by atoms with van der Waals surface area (Å²) in [6.45, 7) is 4.41. The highest BCUT2D eigenvalue weighted by atomic mass is 35.5. The molecule has 0 aliphatic carbocycles. The number of likely N-dealkylation sites (N-methyl/N-ethyl adjacent to an activating group) is 1. The van der Waals surface area contributed by atoms with E-state index in [2.05, 4.69) is 19.2 Å². The summed E-state index contributed by atoms with van der Waals surface area (Å²) < 4.78 is 13.7. The maximum atomic E-state index is 13.7. The van der Waals surface area contributed by atoms with Crippen molar-refractivity contribution >= 4 is 11.6 Å². The van der Waals surface area contributed by atoms with Gasteiger partial charge in [-0.15, -0.1) is 0 Å². The van der Waals surface area contributed by atoms with Crippen molar-refractivity contribution in [2.75, 3.05) is 7.05 Å². The highest BCUT2D eigenvalue weighted by Gasteiger charge is 2.16. The first-order valence-electron chi connectivity index (χ1n) is 6.72. The normalized spacial score (nSPS) is 13.0. The van der Waals surface area contributed by atoms with E-state index in [-0.39, 0.29) is 11.9 Å². The molecule has 1 rings (SSSR count). The van der Waals surface area contributed by atoms with Gasteiger partial charge in [0, 0.05) is 16.6 Å². The molecule has 0 heterocycles. The highest BCUT2D eigenvalue weighted by Crippen LogP contribution is 2.23. The lowest BCUT2D eigenvalue weighted by Crippen LogP contribution is -2.30. The van der Waals surface area contributed by atoms with Crippen LogP contribution in [0.5, 0.6) is 0 Å². The first kappa shape index (κ1) is 15.5. The smallest absolute Gasteiger partial charge is 0.127 e. The first-order chi connectivity index (χ1) is 8.62. The molecule has 0 aliphatic heterocycles.